The Bertz CT molecular complexity index is 624. The van der Waals surface area contributed by atoms with E-state index in [1.807, 2.05) is 13.0 Å². The van der Waals surface area contributed by atoms with Gasteiger partial charge in [0.2, 0.25) is 0 Å². The summed E-state index contributed by atoms with van der Waals surface area (Å²) in [5, 5.41) is 3.28. The molecule has 5 heteroatoms. The molecule has 2 fully saturated rings. The van der Waals surface area contributed by atoms with Crippen LogP contribution in [-0.2, 0) is 9.53 Å². The standard InChI is InChI=1S/C19H25NO4/c1-11(19(21)22-2)18(12-3-4-12)13-5-6-15-16(7-13)24-17(10-23-15)14-8-20-9-14/h5-7,11-12,14,17-18,20H,3-4,8-10H2,1-2H3/t11?,17-,18?/m0/s1. The Hall–Kier alpha value is -1.75. The fourth-order valence-corrected chi connectivity index (χ4v) is 3.88. The maximum atomic E-state index is 12.1. The molecule has 0 amide bonds. The highest BCUT2D eigenvalue weighted by Crippen LogP contribution is 2.48. The van der Waals surface area contributed by atoms with Crippen molar-refractivity contribution in [3.63, 3.8) is 0 Å². The molecule has 1 N–H and O–H groups in total. The highest BCUT2D eigenvalue weighted by molar-refractivity contribution is 5.73. The van der Waals surface area contributed by atoms with Gasteiger partial charge in [-0.1, -0.05) is 13.0 Å². The predicted molar refractivity (Wildman–Crippen MR) is 89.4 cm³/mol. The van der Waals surface area contributed by atoms with Crippen molar-refractivity contribution in [3.05, 3.63) is 23.8 Å². The van der Waals surface area contributed by atoms with E-state index in [1.165, 1.54) is 20.0 Å². The Morgan fingerprint density at radius 1 is 1.29 bits per heavy atom. The largest absolute Gasteiger partial charge is 0.486 e. The molecule has 2 unspecified atom stereocenters. The van der Waals surface area contributed by atoms with Crippen LogP contribution >= 0.6 is 0 Å². The molecule has 24 heavy (non-hydrogen) atoms. The second-order valence-corrected chi connectivity index (χ2v) is 7.27. The lowest BCUT2D eigenvalue weighted by atomic mass is 9.83. The van der Waals surface area contributed by atoms with Gasteiger partial charge in [-0.05, 0) is 42.4 Å². The molecule has 130 valence electrons. The van der Waals surface area contributed by atoms with Gasteiger partial charge in [-0.2, -0.15) is 0 Å². The fourth-order valence-electron chi connectivity index (χ4n) is 3.88. The van der Waals surface area contributed by atoms with Crippen molar-refractivity contribution in [2.75, 3.05) is 26.8 Å². The van der Waals surface area contributed by atoms with Crippen molar-refractivity contribution in [3.8, 4) is 11.5 Å². The molecular weight excluding hydrogens is 306 g/mol. The van der Waals surface area contributed by atoms with E-state index < -0.39 is 0 Å². The molecule has 2 aliphatic heterocycles. The molecule has 5 nitrogen and oxygen atoms in total. The van der Waals surface area contributed by atoms with Crippen LogP contribution in [0.1, 0.15) is 31.2 Å². The number of nitrogens with one attached hydrogen (secondary N) is 1. The molecule has 3 atom stereocenters. The maximum absolute atomic E-state index is 12.1. The molecule has 1 aliphatic carbocycles. The zero-order chi connectivity index (χ0) is 16.7. The summed E-state index contributed by atoms with van der Waals surface area (Å²) in [7, 11) is 1.46. The van der Waals surface area contributed by atoms with Gasteiger partial charge in [-0.15, -0.1) is 0 Å². The molecule has 0 radical (unpaired) electrons. The number of rotatable bonds is 5. The molecular formula is C19H25NO4. The van der Waals surface area contributed by atoms with Crippen LogP contribution < -0.4 is 14.8 Å². The highest BCUT2D eigenvalue weighted by atomic mass is 16.6. The molecule has 1 aromatic rings. The SMILES string of the molecule is COC(=O)C(C)C(c1ccc2c(c1)O[C@H](C1CNC1)CO2)C1CC1. The number of fused-ring (bicyclic) bond motifs is 1. The van der Waals surface area contributed by atoms with Gasteiger partial charge in [0.25, 0.3) is 0 Å². The molecule has 1 saturated carbocycles. The van der Waals surface area contributed by atoms with Crippen LogP contribution in [0.5, 0.6) is 11.5 Å². The van der Waals surface area contributed by atoms with Gasteiger partial charge in [0, 0.05) is 19.0 Å². The van der Waals surface area contributed by atoms with E-state index >= 15 is 0 Å². The number of esters is 1. The third-order valence-electron chi connectivity index (χ3n) is 5.61. The Morgan fingerprint density at radius 2 is 2.08 bits per heavy atom. The first-order valence-corrected chi connectivity index (χ1v) is 8.89. The lowest BCUT2D eigenvalue weighted by Gasteiger charge is -2.37. The first-order chi connectivity index (χ1) is 11.7. The molecule has 0 aromatic heterocycles. The first-order valence-electron chi connectivity index (χ1n) is 8.89. The predicted octanol–water partition coefficient (Wildman–Crippen LogP) is 2.35. The molecule has 1 aromatic carbocycles. The van der Waals surface area contributed by atoms with Gasteiger partial charge in [0.15, 0.2) is 11.5 Å². The average Bonchev–Trinajstić information content (AvgIpc) is 3.37. The molecule has 3 aliphatic rings. The minimum atomic E-state index is -0.142. The molecule has 4 rings (SSSR count). The summed E-state index contributed by atoms with van der Waals surface area (Å²) >= 11 is 0. The minimum Gasteiger partial charge on any atom is -0.486 e. The van der Waals surface area contributed by atoms with Crippen LogP contribution in [0.15, 0.2) is 18.2 Å². The van der Waals surface area contributed by atoms with Gasteiger partial charge < -0.3 is 19.5 Å². The van der Waals surface area contributed by atoms with Gasteiger partial charge in [0.05, 0.1) is 13.0 Å². The van der Waals surface area contributed by atoms with Crippen molar-refractivity contribution < 1.29 is 19.0 Å². The summed E-state index contributed by atoms with van der Waals surface area (Å²) in [4.78, 5) is 12.1. The summed E-state index contributed by atoms with van der Waals surface area (Å²) in [6, 6.07) is 6.14. The van der Waals surface area contributed by atoms with Gasteiger partial charge in [0.1, 0.15) is 12.7 Å². The number of hydrogen-bond acceptors (Lipinski definition) is 5. The highest BCUT2D eigenvalue weighted by Gasteiger charge is 2.40. The van der Waals surface area contributed by atoms with E-state index in [0.29, 0.717) is 18.4 Å². The van der Waals surface area contributed by atoms with E-state index in [0.717, 1.165) is 30.2 Å². The van der Waals surface area contributed by atoms with Crippen molar-refractivity contribution in [2.45, 2.75) is 31.8 Å². The summed E-state index contributed by atoms with van der Waals surface area (Å²) in [6.45, 7) is 4.57. The van der Waals surface area contributed by atoms with Crippen LogP contribution in [0.4, 0.5) is 0 Å². The molecule has 0 spiro atoms. The Morgan fingerprint density at radius 3 is 2.71 bits per heavy atom. The van der Waals surface area contributed by atoms with Crippen LogP contribution in [0.25, 0.3) is 0 Å². The number of benzene rings is 1. The van der Waals surface area contributed by atoms with Crippen LogP contribution in [0.3, 0.4) is 0 Å². The first kappa shape index (κ1) is 15.8. The monoisotopic (exact) mass is 331 g/mol. The summed E-state index contributed by atoms with van der Waals surface area (Å²) in [5.74, 6) is 2.62. The van der Waals surface area contributed by atoms with Crippen LogP contribution in [-0.4, -0.2) is 38.9 Å². The number of methoxy groups -OCH3 is 1. The topological polar surface area (TPSA) is 56.8 Å². The average molecular weight is 331 g/mol. The second kappa shape index (κ2) is 6.28. The lowest BCUT2D eigenvalue weighted by molar-refractivity contribution is -0.145. The molecule has 0 bridgehead atoms. The smallest absolute Gasteiger partial charge is 0.309 e. The van der Waals surface area contributed by atoms with E-state index in [2.05, 4.69) is 17.4 Å². The normalized spacial score (nSPS) is 25.5. The van der Waals surface area contributed by atoms with E-state index in [-0.39, 0.29) is 23.9 Å². The molecule has 1 saturated heterocycles. The van der Waals surface area contributed by atoms with Gasteiger partial charge >= 0.3 is 5.97 Å². The zero-order valence-electron chi connectivity index (χ0n) is 14.3. The molecule has 2 heterocycles. The Balaban J connectivity index is 1.58. The quantitative estimate of drug-likeness (QED) is 0.840. The minimum absolute atomic E-state index is 0.117. The Kier molecular flexibility index (Phi) is 4.12. The van der Waals surface area contributed by atoms with Crippen molar-refractivity contribution in [2.24, 2.45) is 17.8 Å². The maximum Gasteiger partial charge on any atom is 0.309 e. The number of carbonyl (C=O) groups excluding carboxylic acids is 1. The van der Waals surface area contributed by atoms with Crippen LogP contribution in [0, 0.1) is 17.8 Å². The number of hydrogen-bond donors (Lipinski definition) is 1. The second-order valence-electron chi connectivity index (χ2n) is 7.27. The summed E-state index contributed by atoms with van der Waals surface area (Å²) in [5.41, 5.74) is 1.16. The van der Waals surface area contributed by atoms with Crippen molar-refractivity contribution in [1.29, 1.82) is 0 Å². The van der Waals surface area contributed by atoms with Crippen molar-refractivity contribution >= 4 is 5.97 Å². The Labute approximate surface area is 142 Å². The third-order valence-corrected chi connectivity index (χ3v) is 5.61. The van der Waals surface area contributed by atoms with Gasteiger partial charge in [-0.3, -0.25) is 4.79 Å². The number of carbonyl (C=O) groups is 1. The van der Waals surface area contributed by atoms with Gasteiger partial charge in [-0.25, -0.2) is 0 Å². The number of ether oxygens (including phenoxy) is 3. The fraction of sp³-hybridized carbons (Fsp3) is 0.632. The van der Waals surface area contributed by atoms with Crippen molar-refractivity contribution in [1.82, 2.24) is 5.32 Å². The summed E-state index contributed by atoms with van der Waals surface area (Å²) < 4.78 is 17.1. The zero-order valence-corrected chi connectivity index (χ0v) is 14.3. The van der Waals surface area contributed by atoms with E-state index in [1.54, 1.807) is 0 Å². The third kappa shape index (κ3) is 2.86. The van der Waals surface area contributed by atoms with Crippen LogP contribution in [0.2, 0.25) is 0 Å². The lowest BCUT2D eigenvalue weighted by Crippen LogP contribution is -2.53. The van der Waals surface area contributed by atoms with E-state index in [9.17, 15) is 4.79 Å². The summed E-state index contributed by atoms with van der Waals surface area (Å²) in [6.07, 6.45) is 2.47. The van der Waals surface area contributed by atoms with E-state index in [4.69, 9.17) is 14.2 Å².